The van der Waals surface area contributed by atoms with E-state index in [0.29, 0.717) is 5.56 Å². The highest BCUT2D eigenvalue weighted by Gasteiger charge is 2.22. The second-order valence-electron chi connectivity index (χ2n) is 4.36. The Balaban J connectivity index is 2.36. The van der Waals surface area contributed by atoms with Gasteiger partial charge in [0.25, 0.3) is 0 Å². The van der Waals surface area contributed by atoms with E-state index in [0.717, 1.165) is 24.6 Å². The van der Waals surface area contributed by atoms with E-state index in [4.69, 9.17) is 0 Å². The molecule has 0 fully saturated rings. The Morgan fingerprint density at radius 2 is 1.90 bits per heavy atom. The quantitative estimate of drug-likeness (QED) is 0.361. The first kappa shape index (κ1) is 14.0. The molecule has 2 aromatic rings. The summed E-state index contributed by atoms with van der Waals surface area (Å²) in [5.74, 6) is -2.19. The Kier molecular flexibility index (Phi) is 3.98. The first-order valence-corrected chi connectivity index (χ1v) is 6.30. The fraction of sp³-hybridized carbons (Fsp3) is 0.267. The molecule has 2 rings (SSSR count). The lowest BCUT2D eigenvalue weighted by Crippen LogP contribution is -2.19. The molecule has 1 heterocycles. The molecule has 0 atom stereocenters. The molecule has 0 aliphatic rings. The average Bonchev–Trinajstić information content (AvgIpc) is 2.85. The van der Waals surface area contributed by atoms with Crippen LogP contribution in [0.5, 0.6) is 0 Å². The molecule has 20 heavy (non-hydrogen) atoms. The second kappa shape index (κ2) is 5.69. The predicted octanol–water partition coefficient (Wildman–Crippen LogP) is 1.98. The SMILES string of the molecule is CCn1cc(C(=O)CC(=O)C(=O)OC)c2ccccc21. The van der Waals surface area contributed by atoms with E-state index in [2.05, 4.69) is 4.74 Å². The number of nitrogens with zero attached hydrogens (tertiary/aromatic N) is 1. The van der Waals surface area contributed by atoms with Crippen molar-refractivity contribution in [2.75, 3.05) is 7.11 Å². The molecule has 1 aromatic heterocycles. The normalized spacial score (nSPS) is 10.5. The molecule has 0 saturated carbocycles. The van der Waals surface area contributed by atoms with Gasteiger partial charge >= 0.3 is 5.97 Å². The molecule has 0 amide bonds. The Hall–Kier alpha value is -2.43. The Bertz CT molecular complexity index is 684. The number of esters is 1. The molecule has 0 aliphatic heterocycles. The molecular formula is C15H15NO4. The van der Waals surface area contributed by atoms with Crippen molar-refractivity contribution in [3.63, 3.8) is 0 Å². The molecule has 0 bridgehead atoms. The first-order valence-electron chi connectivity index (χ1n) is 6.30. The van der Waals surface area contributed by atoms with Gasteiger partial charge in [0.05, 0.1) is 13.5 Å². The fourth-order valence-corrected chi connectivity index (χ4v) is 2.16. The lowest BCUT2D eigenvalue weighted by molar-refractivity contribution is -0.151. The second-order valence-corrected chi connectivity index (χ2v) is 4.36. The number of fused-ring (bicyclic) bond motifs is 1. The van der Waals surface area contributed by atoms with Crippen molar-refractivity contribution in [3.8, 4) is 0 Å². The zero-order chi connectivity index (χ0) is 14.7. The van der Waals surface area contributed by atoms with Crippen LogP contribution in [0, 0.1) is 0 Å². The van der Waals surface area contributed by atoms with Crippen LogP contribution < -0.4 is 0 Å². The molecule has 0 saturated heterocycles. The topological polar surface area (TPSA) is 65.4 Å². The third-order valence-corrected chi connectivity index (χ3v) is 3.16. The summed E-state index contributed by atoms with van der Waals surface area (Å²) in [6.07, 6.45) is 1.25. The van der Waals surface area contributed by atoms with Crippen LogP contribution in [0.25, 0.3) is 10.9 Å². The van der Waals surface area contributed by atoms with E-state index >= 15 is 0 Å². The van der Waals surface area contributed by atoms with Gasteiger partial charge in [0.15, 0.2) is 5.78 Å². The number of ketones is 2. The number of aryl methyl sites for hydroxylation is 1. The average molecular weight is 273 g/mol. The standard InChI is InChI=1S/C15H15NO4/c1-3-16-9-11(10-6-4-5-7-12(10)16)13(17)8-14(18)15(19)20-2/h4-7,9H,3,8H2,1-2H3. The van der Waals surface area contributed by atoms with Crippen molar-refractivity contribution < 1.29 is 19.1 Å². The predicted molar refractivity (Wildman–Crippen MR) is 73.6 cm³/mol. The number of ether oxygens (including phenoxy) is 1. The number of hydrogen-bond acceptors (Lipinski definition) is 4. The van der Waals surface area contributed by atoms with Gasteiger partial charge in [-0.3, -0.25) is 9.59 Å². The molecule has 0 spiro atoms. The molecular weight excluding hydrogens is 258 g/mol. The Morgan fingerprint density at radius 1 is 1.20 bits per heavy atom. The lowest BCUT2D eigenvalue weighted by Gasteiger charge is -1.98. The van der Waals surface area contributed by atoms with Crippen LogP contribution in [0.1, 0.15) is 23.7 Å². The minimum atomic E-state index is -0.988. The molecule has 5 nitrogen and oxygen atoms in total. The van der Waals surface area contributed by atoms with Crippen LogP contribution in [0.2, 0.25) is 0 Å². The van der Waals surface area contributed by atoms with E-state index in [-0.39, 0.29) is 5.78 Å². The van der Waals surface area contributed by atoms with E-state index < -0.39 is 18.2 Å². The third-order valence-electron chi connectivity index (χ3n) is 3.16. The van der Waals surface area contributed by atoms with Crippen molar-refractivity contribution in [1.29, 1.82) is 0 Å². The minimum absolute atomic E-state index is 0.371. The highest BCUT2D eigenvalue weighted by Crippen LogP contribution is 2.22. The summed E-state index contributed by atoms with van der Waals surface area (Å²) in [5, 5.41) is 0.789. The van der Waals surface area contributed by atoms with Crippen molar-refractivity contribution >= 4 is 28.4 Å². The van der Waals surface area contributed by atoms with Gasteiger partial charge in [-0.15, -0.1) is 0 Å². The zero-order valence-electron chi connectivity index (χ0n) is 11.4. The van der Waals surface area contributed by atoms with Crippen molar-refractivity contribution in [2.45, 2.75) is 19.9 Å². The van der Waals surface area contributed by atoms with Crippen LogP contribution in [0.15, 0.2) is 30.5 Å². The monoisotopic (exact) mass is 273 g/mol. The molecule has 1 aromatic carbocycles. The molecule has 5 heteroatoms. The Labute approximate surface area is 116 Å². The van der Waals surface area contributed by atoms with Crippen LogP contribution in [0.3, 0.4) is 0 Å². The third kappa shape index (κ3) is 2.47. The number of benzene rings is 1. The van der Waals surface area contributed by atoms with Gasteiger partial charge in [-0.1, -0.05) is 18.2 Å². The number of para-hydroxylation sites is 1. The van der Waals surface area contributed by atoms with Gasteiger partial charge in [0, 0.05) is 29.2 Å². The first-order chi connectivity index (χ1) is 9.58. The maximum atomic E-state index is 12.2. The summed E-state index contributed by atoms with van der Waals surface area (Å²) in [7, 11) is 1.12. The maximum absolute atomic E-state index is 12.2. The summed E-state index contributed by atoms with van der Waals surface area (Å²) in [6, 6.07) is 7.47. The van der Waals surface area contributed by atoms with Gasteiger partial charge in [0.2, 0.25) is 5.78 Å². The zero-order valence-corrected chi connectivity index (χ0v) is 11.4. The molecule has 0 unspecified atom stereocenters. The lowest BCUT2D eigenvalue weighted by atomic mass is 10.1. The molecule has 0 aliphatic carbocycles. The number of hydrogen-bond donors (Lipinski definition) is 0. The van der Waals surface area contributed by atoms with Crippen LogP contribution in [-0.2, 0) is 20.9 Å². The summed E-state index contributed by atoms with van der Waals surface area (Å²) < 4.78 is 6.25. The van der Waals surface area contributed by atoms with Crippen LogP contribution >= 0.6 is 0 Å². The largest absolute Gasteiger partial charge is 0.463 e. The highest BCUT2D eigenvalue weighted by atomic mass is 16.5. The van der Waals surface area contributed by atoms with Crippen molar-refractivity contribution in [3.05, 3.63) is 36.0 Å². The van der Waals surface area contributed by atoms with E-state index in [1.54, 1.807) is 6.20 Å². The number of aromatic nitrogens is 1. The molecule has 104 valence electrons. The molecule has 0 radical (unpaired) electrons. The summed E-state index contributed by atoms with van der Waals surface area (Å²) in [6.45, 7) is 2.69. The van der Waals surface area contributed by atoms with Gasteiger partial charge in [-0.2, -0.15) is 0 Å². The highest BCUT2D eigenvalue weighted by molar-refractivity contribution is 6.38. The van der Waals surface area contributed by atoms with Crippen LogP contribution in [-0.4, -0.2) is 29.2 Å². The van der Waals surface area contributed by atoms with Gasteiger partial charge in [0.1, 0.15) is 0 Å². The summed E-state index contributed by atoms with van der Waals surface area (Å²) in [5.41, 5.74) is 1.39. The minimum Gasteiger partial charge on any atom is -0.463 e. The van der Waals surface area contributed by atoms with E-state index in [1.165, 1.54) is 0 Å². The van der Waals surface area contributed by atoms with Crippen molar-refractivity contribution in [1.82, 2.24) is 4.57 Å². The number of Topliss-reactive ketones (excluding diaryl/α,β-unsaturated/α-hetero) is 2. The summed E-state index contributed by atoms with van der Waals surface area (Å²) in [4.78, 5) is 34.7. The molecule has 0 N–H and O–H groups in total. The number of carbonyl (C=O) groups excluding carboxylic acids is 3. The van der Waals surface area contributed by atoms with Gasteiger partial charge in [-0.05, 0) is 13.0 Å². The van der Waals surface area contributed by atoms with Gasteiger partial charge < -0.3 is 9.30 Å². The summed E-state index contributed by atoms with van der Waals surface area (Å²) >= 11 is 0. The number of rotatable bonds is 5. The smallest absolute Gasteiger partial charge is 0.374 e. The van der Waals surface area contributed by atoms with E-state index in [1.807, 2.05) is 35.8 Å². The van der Waals surface area contributed by atoms with Crippen LogP contribution in [0.4, 0.5) is 0 Å². The Morgan fingerprint density at radius 3 is 2.55 bits per heavy atom. The van der Waals surface area contributed by atoms with Gasteiger partial charge in [-0.25, -0.2) is 4.79 Å². The van der Waals surface area contributed by atoms with Crippen molar-refractivity contribution in [2.24, 2.45) is 0 Å². The fourth-order valence-electron chi connectivity index (χ4n) is 2.16. The maximum Gasteiger partial charge on any atom is 0.374 e. The number of methoxy groups -OCH3 is 1. The van der Waals surface area contributed by atoms with E-state index in [9.17, 15) is 14.4 Å². The number of carbonyl (C=O) groups is 3.